The van der Waals surface area contributed by atoms with Crippen molar-refractivity contribution in [3.8, 4) is 0 Å². The molecule has 1 aromatic carbocycles. The van der Waals surface area contributed by atoms with Gasteiger partial charge in [0.1, 0.15) is 0 Å². The lowest BCUT2D eigenvalue weighted by Crippen LogP contribution is -2.38. The van der Waals surface area contributed by atoms with E-state index >= 15 is 0 Å². The molecule has 1 atom stereocenters. The first-order valence-corrected chi connectivity index (χ1v) is 10.6. The van der Waals surface area contributed by atoms with Crippen molar-refractivity contribution in [2.45, 2.75) is 52.6 Å². The maximum absolute atomic E-state index is 12.3. The van der Waals surface area contributed by atoms with Crippen molar-refractivity contribution in [1.82, 2.24) is 16.0 Å². The van der Waals surface area contributed by atoms with Crippen molar-refractivity contribution >= 4 is 35.8 Å². The molecule has 0 aromatic heterocycles. The average molecular weight is 534 g/mol. The second kappa shape index (κ2) is 18.4. The van der Waals surface area contributed by atoms with Crippen molar-refractivity contribution in [2.75, 3.05) is 40.0 Å². The van der Waals surface area contributed by atoms with Crippen LogP contribution in [-0.2, 0) is 16.0 Å². The Bertz CT molecular complexity index is 614. The molecule has 0 heterocycles. The number of benzene rings is 1. The quantitative estimate of drug-likeness (QED) is 0.148. The fraction of sp³-hybridized carbons (Fsp3) is 0.636. The van der Waals surface area contributed by atoms with Crippen LogP contribution in [0.3, 0.4) is 0 Å². The van der Waals surface area contributed by atoms with E-state index in [9.17, 15) is 4.79 Å². The minimum Gasteiger partial charge on any atom is -0.379 e. The zero-order chi connectivity index (χ0) is 21.3. The predicted molar refractivity (Wildman–Crippen MR) is 134 cm³/mol. The van der Waals surface area contributed by atoms with Crippen LogP contribution in [0.4, 0.5) is 0 Å². The number of carbonyl (C=O) groups excluding carboxylic acids is 1. The van der Waals surface area contributed by atoms with Gasteiger partial charge < -0.3 is 25.4 Å². The predicted octanol–water partition coefficient (Wildman–Crippen LogP) is 3.33. The Balaban J connectivity index is 0.00000841. The molecule has 1 amide bonds. The zero-order valence-electron chi connectivity index (χ0n) is 18.8. The lowest BCUT2D eigenvalue weighted by Gasteiger charge is -2.14. The summed E-state index contributed by atoms with van der Waals surface area (Å²) in [5.74, 6) is 0.654. The fourth-order valence-electron chi connectivity index (χ4n) is 2.45. The molecular formula is C22H39IN4O3. The van der Waals surface area contributed by atoms with Gasteiger partial charge in [-0.05, 0) is 37.5 Å². The third-order valence-electron chi connectivity index (χ3n) is 4.42. The second-order valence-corrected chi connectivity index (χ2v) is 6.91. The van der Waals surface area contributed by atoms with E-state index in [1.54, 1.807) is 7.05 Å². The highest BCUT2D eigenvalue weighted by molar-refractivity contribution is 14.0. The summed E-state index contributed by atoms with van der Waals surface area (Å²) in [5.41, 5.74) is 1.69. The molecule has 0 saturated carbocycles. The summed E-state index contributed by atoms with van der Waals surface area (Å²) in [7, 11) is 1.73. The van der Waals surface area contributed by atoms with Crippen LogP contribution in [0.2, 0.25) is 0 Å². The first-order chi connectivity index (χ1) is 14.1. The van der Waals surface area contributed by atoms with Crippen LogP contribution < -0.4 is 16.0 Å². The van der Waals surface area contributed by atoms with E-state index in [1.807, 2.05) is 31.2 Å². The van der Waals surface area contributed by atoms with Gasteiger partial charge in [-0.25, -0.2) is 0 Å². The van der Waals surface area contributed by atoms with Crippen molar-refractivity contribution in [3.63, 3.8) is 0 Å². The molecule has 172 valence electrons. The molecule has 0 aliphatic rings. The molecule has 3 N–H and O–H groups in total. The number of amides is 1. The maximum Gasteiger partial charge on any atom is 0.251 e. The van der Waals surface area contributed by atoms with Gasteiger partial charge in [-0.1, -0.05) is 32.4 Å². The van der Waals surface area contributed by atoms with Crippen LogP contribution in [0.1, 0.15) is 56.0 Å². The van der Waals surface area contributed by atoms with Crippen LogP contribution in [-0.4, -0.2) is 57.9 Å². The number of aliphatic imine (C=N–C) groups is 1. The average Bonchev–Trinajstić information content (AvgIpc) is 2.74. The van der Waals surface area contributed by atoms with Gasteiger partial charge in [0.05, 0.1) is 19.8 Å². The molecule has 0 aliphatic carbocycles. The zero-order valence-corrected chi connectivity index (χ0v) is 21.2. The minimum absolute atomic E-state index is 0. The number of guanidine groups is 1. The highest BCUT2D eigenvalue weighted by atomic mass is 127. The van der Waals surface area contributed by atoms with Crippen molar-refractivity contribution in [2.24, 2.45) is 4.99 Å². The van der Waals surface area contributed by atoms with Crippen LogP contribution in [0.15, 0.2) is 29.3 Å². The summed E-state index contributed by atoms with van der Waals surface area (Å²) in [6, 6.07) is 7.78. The van der Waals surface area contributed by atoms with E-state index in [2.05, 4.69) is 34.8 Å². The van der Waals surface area contributed by atoms with Crippen molar-refractivity contribution < 1.29 is 14.3 Å². The lowest BCUT2D eigenvalue weighted by atomic mass is 10.1. The molecule has 8 heteroatoms. The largest absolute Gasteiger partial charge is 0.379 e. The first-order valence-electron chi connectivity index (χ1n) is 10.6. The van der Waals surface area contributed by atoms with Gasteiger partial charge in [0.2, 0.25) is 0 Å². The standard InChI is InChI=1S/C22H38N4O3.HI/c1-5-7-12-28-14-15-29-13-11-24-22(23-4)25-17-19-9-8-10-20(16-19)21(27)26-18(3)6-2;/h8-10,16,18H,5-7,11-15,17H2,1-4H3,(H,26,27)(H2,23,24,25);1H. The van der Waals surface area contributed by atoms with E-state index in [0.29, 0.717) is 44.4 Å². The Hall–Kier alpha value is -1.39. The molecule has 30 heavy (non-hydrogen) atoms. The number of ether oxygens (including phenoxy) is 2. The molecule has 0 saturated heterocycles. The van der Waals surface area contributed by atoms with Gasteiger partial charge in [0.15, 0.2) is 5.96 Å². The van der Waals surface area contributed by atoms with Crippen LogP contribution >= 0.6 is 24.0 Å². The summed E-state index contributed by atoms with van der Waals surface area (Å²) in [5, 5.41) is 9.46. The summed E-state index contributed by atoms with van der Waals surface area (Å²) >= 11 is 0. The Morgan fingerprint density at radius 3 is 2.50 bits per heavy atom. The van der Waals surface area contributed by atoms with Gasteiger partial charge in [0, 0.05) is 38.3 Å². The van der Waals surface area contributed by atoms with Gasteiger partial charge in [-0.15, -0.1) is 24.0 Å². The minimum atomic E-state index is -0.0421. The van der Waals surface area contributed by atoms with Crippen molar-refractivity contribution in [1.29, 1.82) is 0 Å². The third-order valence-corrected chi connectivity index (χ3v) is 4.42. The molecule has 1 aromatic rings. The van der Waals surface area contributed by atoms with Crippen LogP contribution in [0, 0.1) is 0 Å². The lowest BCUT2D eigenvalue weighted by molar-refractivity contribution is 0.0487. The van der Waals surface area contributed by atoms with Gasteiger partial charge in [-0.3, -0.25) is 9.79 Å². The topological polar surface area (TPSA) is 84.0 Å². The highest BCUT2D eigenvalue weighted by Gasteiger charge is 2.09. The SMILES string of the molecule is CCCCOCCOCCNC(=NC)NCc1cccc(C(=O)NC(C)CC)c1.I. The molecular weight excluding hydrogens is 495 g/mol. The Morgan fingerprint density at radius 1 is 1.10 bits per heavy atom. The molecule has 0 aliphatic heterocycles. The molecule has 0 bridgehead atoms. The van der Waals surface area contributed by atoms with Gasteiger partial charge >= 0.3 is 0 Å². The van der Waals surface area contributed by atoms with Crippen molar-refractivity contribution in [3.05, 3.63) is 35.4 Å². The molecule has 7 nitrogen and oxygen atoms in total. The second-order valence-electron chi connectivity index (χ2n) is 6.91. The molecule has 0 fully saturated rings. The Kier molecular flexibility index (Phi) is 17.5. The number of hydrogen-bond acceptors (Lipinski definition) is 4. The maximum atomic E-state index is 12.3. The van der Waals surface area contributed by atoms with E-state index in [4.69, 9.17) is 9.47 Å². The monoisotopic (exact) mass is 534 g/mol. The number of carbonyl (C=O) groups is 1. The fourth-order valence-corrected chi connectivity index (χ4v) is 2.45. The van der Waals surface area contributed by atoms with Gasteiger partial charge in [-0.2, -0.15) is 0 Å². The highest BCUT2D eigenvalue weighted by Crippen LogP contribution is 2.06. The molecule has 1 unspecified atom stereocenters. The number of nitrogens with one attached hydrogen (secondary N) is 3. The summed E-state index contributed by atoms with van der Waals surface area (Å²) in [6.45, 7) is 10.1. The summed E-state index contributed by atoms with van der Waals surface area (Å²) in [6.07, 6.45) is 3.14. The smallest absolute Gasteiger partial charge is 0.251 e. The third kappa shape index (κ3) is 13.0. The van der Waals surface area contributed by atoms with E-state index < -0.39 is 0 Å². The summed E-state index contributed by atoms with van der Waals surface area (Å²) < 4.78 is 11.0. The number of nitrogens with zero attached hydrogens (tertiary/aromatic N) is 1. The first kappa shape index (κ1) is 28.6. The van der Waals surface area contributed by atoms with E-state index in [0.717, 1.165) is 31.4 Å². The van der Waals surface area contributed by atoms with Crippen LogP contribution in [0.25, 0.3) is 0 Å². The molecule has 1 rings (SSSR count). The number of unbranched alkanes of at least 4 members (excludes halogenated alkanes) is 1. The number of hydrogen-bond donors (Lipinski definition) is 3. The van der Waals surface area contributed by atoms with Gasteiger partial charge in [0.25, 0.3) is 5.91 Å². The number of rotatable bonds is 14. The Morgan fingerprint density at radius 2 is 1.83 bits per heavy atom. The summed E-state index contributed by atoms with van der Waals surface area (Å²) in [4.78, 5) is 16.5. The molecule has 0 spiro atoms. The van der Waals surface area contributed by atoms with E-state index in [1.165, 1.54) is 0 Å². The van der Waals surface area contributed by atoms with E-state index in [-0.39, 0.29) is 35.9 Å². The number of halogens is 1. The normalized spacial score (nSPS) is 12.1. The molecule has 0 radical (unpaired) electrons. The Labute approximate surface area is 198 Å². The van der Waals surface area contributed by atoms with Crippen LogP contribution in [0.5, 0.6) is 0 Å².